The van der Waals surface area contributed by atoms with E-state index in [0.717, 1.165) is 22.3 Å². The zero-order valence-corrected chi connectivity index (χ0v) is 18.1. The Morgan fingerprint density at radius 3 is 1.72 bits per heavy atom. The first-order valence-electron chi connectivity index (χ1n) is 10.9. The molecule has 8 rings (SSSR count). The summed E-state index contributed by atoms with van der Waals surface area (Å²) in [5.74, 6) is 0.630. The highest BCUT2D eigenvalue weighted by atomic mass is 16.5. The lowest BCUT2D eigenvalue weighted by atomic mass is 10.2. The number of H-pyrrole nitrogens is 4. The van der Waals surface area contributed by atoms with Crippen LogP contribution in [0.5, 0.6) is 35.0 Å². The first-order chi connectivity index (χ1) is 17.7. The van der Waals surface area contributed by atoms with Gasteiger partial charge < -0.3 is 39.6 Å². The Labute approximate surface area is 198 Å². The van der Waals surface area contributed by atoms with E-state index in [0.29, 0.717) is 22.4 Å². The number of ether oxygens (including phenoxy) is 2. The van der Waals surface area contributed by atoms with Gasteiger partial charge in [0.2, 0.25) is 23.5 Å². The SMILES string of the molecule is Oc1c(Oc2ncnc(Oc3cc4[nH]c5[nH]ccc5n4c3O)c3cncc2-3)cc2[nH]c3[nH]ccc3n12. The molecule has 6 N–H and O–H groups in total. The smallest absolute Gasteiger partial charge is 0.242 e. The fourth-order valence-electron chi connectivity index (χ4n) is 4.64. The molecule has 13 nitrogen and oxygen atoms in total. The second-order valence-electron chi connectivity index (χ2n) is 8.25. The summed E-state index contributed by atoms with van der Waals surface area (Å²) >= 11 is 0. The van der Waals surface area contributed by atoms with E-state index in [9.17, 15) is 10.2 Å². The Bertz CT molecular complexity index is 1910. The molecule has 0 saturated carbocycles. The van der Waals surface area contributed by atoms with Crippen molar-refractivity contribution in [1.29, 1.82) is 0 Å². The van der Waals surface area contributed by atoms with Crippen molar-refractivity contribution in [2.45, 2.75) is 0 Å². The highest BCUT2D eigenvalue weighted by molar-refractivity contribution is 5.82. The lowest BCUT2D eigenvalue weighted by molar-refractivity contribution is 0.392. The third kappa shape index (κ3) is 2.39. The van der Waals surface area contributed by atoms with Gasteiger partial charge in [-0.05, 0) is 12.1 Å². The fraction of sp³-hybridized carbons (Fsp3) is 0. The minimum absolute atomic E-state index is 0.0777. The largest absolute Gasteiger partial charge is 0.492 e. The summed E-state index contributed by atoms with van der Waals surface area (Å²) in [5, 5.41) is 21.6. The minimum Gasteiger partial charge on any atom is -0.492 e. The number of aromatic hydroxyl groups is 2. The van der Waals surface area contributed by atoms with Gasteiger partial charge in [0.1, 0.15) is 28.9 Å². The Hall–Kier alpha value is -5.59. The van der Waals surface area contributed by atoms with Gasteiger partial charge >= 0.3 is 0 Å². The number of nitrogens with zero attached hydrogens (tertiary/aromatic N) is 5. The first kappa shape index (κ1) is 18.8. The summed E-state index contributed by atoms with van der Waals surface area (Å²) in [5.41, 5.74) is 5.46. The monoisotopic (exact) mass is 481 g/mol. The van der Waals surface area contributed by atoms with E-state index >= 15 is 0 Å². The molecule has 8 heterocycles. The molecule has 6 aromatic rings. The molecule has 176 valence electrons. The number of aromatic nitrogens is 9. The van der Waals surface area contributed by atoms with Gasteiger partial charge in [0.25, 0.3) is 0 Å². The highest BCUT2D eigenvalue weighted by Gasteiger charge is 2.23. The second kappa shape index (κ2) is 6.50. The average molecular weight is 481 g/mol. The van der Waals surface area contributed by atoms with Crippen molar-refractivity contribution in [3.8, 4) is 46.1 Å². The lowest BCUT2D eigenvalue weighted by Gasteiger charge is -2.06. The summed E-state index contributed by atoms with van der Waals surface area (Å²) in [6.45, 7) is 0. The molecule has 36 heavy (non-hydrogen) atoms. The maximum atomic E-state index is 10.8. The van der Waals surface area contributed by atoms with E-state index in [1.807, 2.05) is 12.1 Å². The number of hydrogen-bond donors (Lipinski definition) is 6. The van der Waals surface area contributed by atoms with Crippen molar-refractivity contribution in [3.05, 3.63) is 55.4 Å². The molecule has 0 fully saturated rings. The molecule has 0 unspecified atom stereocenters. The topological polar surface area (TPSA) is 170 Å². The zero-order valence-electron chi connectivity index (χ0n) is 18.1. The predicted octanol–water partition coefficient (Wildman–Crippen LogP) is 4.10. The van der Waals surface area contributed by atoms with E-state index in [4.69, 9.17) is 9.47 Å². The van der Waals surface area contributed by atoms with Crippen molar-refractivity contribution < 1.29 is 19.7 Å². The molecule has 2 aliphatic rings. The van der Waals surface area contributed by atoms with E-state index in [2.05, 4.69) is 34.9 Å². The summed E-state index contributed by atoms with van der Waals surface area (Å²) in [4.78, 5) is 25.3. The van der Waals surface area contributed by atoms with Crippen LogP contribution >= 0.6 is 0 Å². The summed E-state index contributed by atoms with van der Waals surface area (Å²) in [7, 11) is 0. The molecule has 0 saturated heterocycles. The van der Waals surface area contributed by atoms with Crippen LogP contribution in [0.4, 0.5) is 0 Å². The zero-order chi connectivity index (χ0) is 24.0. The van der Waals surface area contributed by atoms with Gasteiger partial charge in [-0.15, -0.1) is 0 Å². The Morgan fingerprint density at radius 1 is 0.722 bits per heavy atom. The third-order valence-corrected chi connectivity index (χ3v) is 6.24. The van der Waals surface area contributed by atoms with Crippen LogP contribution in [0.25, 0.3) is 44.7 Å². The van der Waals surface area contributed by atoms with Crippen molar-refractivity contribution in [2.24, 2.45) is 0 Å². The lowest BCUT2D eigenvalue weighted by Crippen LogP contribution is -1.89. The Kier molecular flexibility index (Phi) is 3.40. The van der Waals surface area contributed by atoms with E-state index in [1.54, 1.807) is 45.7 Å². The van der Waals surface area contributed by atoms with E-state index in [-0.39, 0.29) is 35.0 Å². The molecule has 0 radical (unpaired) electrons. The molecular weight excluding hydrogens is 466 g/mol. The van der Waals surface area contributed by atoms with Crippen molar-refractivity contribution in [2.75, 3.05) is 0 Å². The quantitative estimate of drug-likeness (QED) is 0.220. The van der Waals surface area contributed by atoms with Crippen LogP contribution in [0.15, 0.2) is 55.4 Å². The van der Waals surface area contributed by atoms with E-state index < -0.39 is 0 Å². The minimum atomic E-state index is -0.0777. The number of hydrogen-bond acceptors (Lipinski definition) is 7. The van der Waals surface area contributed by atoms with Gasteiger partial charge in [0.05, 0.1) is 22.2 Å². The molecule has 0 bridgehead atoms. The third-order valence-electron chi connectivity index (χ3n) is 6.24. The van der Waals surface area contributed by atoms with Crippen LogP contribution in [0.3, 0.4) is 0 Å². The van der Waals surface area contributed by atoms with Gasteiger partial charge in [-0.25, -0.2) is 9.97 Å². The van der Waals surface area contributed by atoms with Crippen molar-refractivity contribution in [3.63, 3.8) is 0 Å². The van der Waals surface area contributed by atoms with Crippen LogP contribution in [0, 0.1) is 0 Å². The normalized spacial score (nSPS) is 12.1. The van der Waals surface area contributed by atoms with Gasteiger partial charge in [0.15, 0.2) is 11.5 Å². The average Bonchev–Trinajstić information content (AvgIpc) is 3.67. The maximum absolute atomic E-state index is 10.8. The second-order valence-corrected chi connectivity index (χ2v) is 8.25. The number of aromatic amines is 4. The summed E-state index contributed by atoms with van der Waals surface area (Å²) in [6, 6.07) is 7.03. The fourth-order valence-corrected chi connectivity index (χ4v) is 4.64. The maximum Gasteiger partial charge on any atom is 0.242 e. The van der Waals surface area contributed by atoms with Gasteiger partial charge in [-0.1, -0.05) is 0 Å². The van der Waals surface area contributed by atoms with Crippen LogP contribution in [-0.2, 0) is 0 Å². The molecule has 0 atom stereocenters. The van der Waals surface area contributed by atoms with Gasteiger partial charge in [0, 0.05) is 36.9 Å². The molecule has 0 aliphatic carbocycles. The van der Waals surface area contributed by atoms with Crippen LogP contribution in [-0.4, -0.2) is 53.9 Å². The van der Waals surface area contributed by atoms with Crippen LogP contribution < -0.4 is 9.47 Å². The first-order valence-corrected chi connectivity index (χ1v) is 10.9. The molecule has 0 aromatic carbocycles. The van der Waals surface area contributed by atoms with Crippen molar-refractivity contribution >= 4 is 33.6 Å². The van der Waals surface area contributed by atoms with Gasteiger partial charge in [-0.3, -0.25) is 13.8 Å². The number of nitrogens with one attached hydrogen (secondary N) is 4. The molecule has 6 aromatic heterocycles. The van der Waals surface area contributed by atoms with Gasteiger partial charge in [-0.2, -0.15) is 0 Å². The van der Waals surface area contributed by atoms with Crippen LogP contribution in [0.2, 0.25) is 0 Å². The predicted molar refractivity (Wildman–Crippen MR) is 127 cm³/mol. The highest BCUT2D eigenvalue weighted by Crippen LogP contribution is 2.43. The number of fused-ring (bicyclic) bond motifs is 7. The molecule has 0 amide bonds. The standard InChI is InChI=1S/C23H15N9O4/c33-22-14(5-16-29-18-12(31(16)22)1-3-25-18)35-20-10-7-24-8-11(10)21(28-9-27-20)36-15-6-17-30-19-13(2-4-26-19)32(17)23(15)34/h1-9,25-26,29-30,33-34H. The molecular formula is C23H15N9O4. The van der Waals surface area contributed by atoms with E-state index in [1.165, 1.54) is 6.33 Å². The molecule has 2 aliphatic heterocycles. The number of imidazole rings is 2. The number of rotatable bonds is 4. The molecule has 13 heteroatoms. The Balaban J connectivity index is 1.17. The Morgan fingerprint density at radius 2 is 1.22 bits per heavy atom. The molecule has 0 spiro atoms. The van der Waals surface area contributed by atoms with Crippen molar-refractivity contribution in [1.82, 2.24) is 43.7 Å². The summed E-state index contributed by atoms with van der Waals surface area (Å²) < 4.78 is 15.3. The van der Waals surface area contributed by atoms with Crippen LogP contribution in [0.1, 0.15) is 0 Å². The summed E-state index contributed by atoms with van der Waals surface area (Å²) in [6.07, 6.45) is 7.98.